The number of allylic oxidation sites excluding steroid dienone is 6. The molecule has 2 aliphatic heterocycles. The molecule has 7 rings (SSSR count). The van der Waals surface area contributed by atoms with Crippen molar-refractivity contribution in [1.82, 2.24) is 0 Å². The Kier molecular flexibility index (Phi) is 7.25. The summed E-state index contributed by atoms with van der Waals surface area (Å²) < 4.78 is 4.06. The third kappa shape index (κ3) is 4.75. The van der Waals surface area contributed by atoms with Gasteiger partial charge in [-0.1, -0.05) is 35.3 Å². The molecule has 2 aromatic carbocycles. The van der Waals surface area contributed by atoms with E-state index in [1.165, 1.54) is 90.3 Å². The van der Waals surface area contributed by atoms with Crippen LogP contribution in [0.5, 0.6) is 0 Å². The fraction of sp³-hybridized carbons (Fsp3) is 0.364. The van der Waals surface area contributed by atoms with Crippen LogP contribution in [0, 0.1) is 5.92 Å². The van der Waals surface area contributed by atoms with E-state index in [1.54, 1.807) is 11.1 Å². The Morgan fingerprint density at radius 1 is 1.03 bits per heavy atom. The van der Waals surface area contributed by atoms with Crippen molar-refractivity contribution in [2.75, 3.05) is 24.0 Å². The van der Waals surface area contributed by atoms with Crippen LogP contribution in [0.1, 0.15) is 49.6 Å². The molecule has 4 aliphatic rings. The molecule has 2 aliphatic carbocycles. The zero-order valence-corrected chi connectivity index (χ0v) is 26.2. The minimum atomic E-state index is 0.716. The fourth-order valence-corrected chi connectivity index (χ4v) is 10.1. The van der Waals surface area contributed by atoms with Crippen molar-refractivity contribution in [2.45, 2.75) is 66.7 Å². The number of aromatic nitrogens is 1. The van der Waals surface area contributed by atoms with Crippen LogP contribution in [0.15, 0.2) is 85.0 Å². The molecular weight excluding hydrogens is 553 g/mol. The molecule has 0 radical (unpaired) electrons. The summed E-state index contributed by atoms with van der Waals surface area (Å²) in [4.78, 5) is 6.68. The molecule has 1 atom stereocenters. The number of thiazole rings is 1. The van der Waals surface area contributed by atoms with E-state index >= 15 is 0 Å². The minimum absolute atomic E-state index is 0.716. The van der Waals surface area contributed by atoms with Gasteiger partial charge >= 0.3 is 0 Å². The first-order valence-corrected chi connectivity index (χ1v) is 18.2. The van der Waals surface area contributed by atoms with Crippen LogP contribution >= 0.6 is 46.6 Å². The SMILES string of the molecule is CCN1/C(=C/C2=CC3=C/C(=C/c4sc5ccc(SC)c6c5[n+]4CCC6)CCC3CC2)Sc2ccc(SC)cc21. The standard InChI is InChI=1S/C33H35N2S4/c1-4-34-27-20-25(36-2)11-12-29(27)38-31(34)18-21-7-9-23-10-8-22(17-24(23)16-21)19-32-35-15-5-6-26-28(37-3)13-14-30(39-32)33(26)35/h11-14,16-20,23H,4-10,15H2,1-3H3/q+1. The van der Waals surface area contributed by atoms with Gasteiger partial charge in [-0.15, -0.1) is 23.5 Å². The first-order chi connectivity index (χ1) is 19.1. The average molecular weight is 588 g/mol. The molecule has 0 saturated carbocycles. The van der Waals surface area contributed by atoms with E-state index in [0.717, 1.165) is 13.1 Å². The van der Waals surface area contributed by atoms with Crippen molar-refractivity contribution in [2.24, 2.45) is 5.92 Å². The van der Waals surface area contributed by atoms with E-state index in [4.69, 9.17) is 0 Å². The molecule has 0 spiro atoms. The Bertz CT molecular complexity index is 1590. The first kappa shape index (κ1) is 26.1. The van der Waals surface area contributed by atoms with Gasteiger partial charge in [-0.2, -0.15) is 4.57 Å². The van der Waals surface area contributed by atoms with Gasteiger partial charge < -0.3 is 4.90 Å². The number of fused-ring (bicyclic) bond motifs is 2. The number of hydrogen-bond acceptors (Lipinski definition) is 5. The third-order valence-electron chi connectivity index (χ3n) is 8.59. The number of benzene rings is 2. The average Bonchev–Trinajstić information content (AvgIpc) is 3.50. The second-order valence-corrected chi connectivity index (χ2v) is 14.7. The lowest BCUT2D eigenvalue weighted by Crippen LogP contribution is -2.38. The Labute approximate surface area is 249 Å². The maximum atomic E-state index is 2.61. The zero-order chi connectivity index (χ0) is 26.5. The molecule has 3 heterocycles. The summed E-state index contributed by atoms with van der Waals surface area (Å²) in [5, 5.41) is 2.81. The number of hydrogen-bond donors (Lipinski definition) is 0. The molecule has 3 aromatic rings. The lowest BCUT2D eigenvalue weighted by Gasteiger charge is -2.28. The maximum absolute atomic E-state index is 2.61. The van der Waals surface area contributed by atoms with Crippen LogP contribution < -0.4 is 9.47 Å². The van der Waals surface area contributed by atoms with E-state index < -0.39 is 0 Å². The van der Waals surface area contributed by atoms with E-state index in [9.17, 15) is 0 Å². The van der Waals surface area contributed by atoms with E-state index in [0.29, 0.717) is 5.92 Å². The van der Waals surface area contributed by atoms with Gasteiger partial charge in [0.2, 0.25) is 5.52 Å². The predicted octanol–water partition coefficient (Wildman–Crippen LogP) is 9.49. The monoisotopic (exact) mass is 587 g/mol. The molecule has 0 fully saturated rings. The highest BCUT2D eigenvalue weighted by molar-refractivity contribution is 8.03. The molecule has 2 nitrogen and oxygen atoms in total. The Morgan fingerprint density at radius 2 is 1.92 bits per heavy atom. The Morgan fingerprint density at radius 3 is 2.77 bits per heavy atom. The maximum Gasteiger partial charge on any atom is 0.263 e. The highest BCUT2D eigenvalue weighted by atomic mass is 32.2. The lowest BCUT2D eigenvalue weighted by molar-refractivity contribution is -0.672. The van der Waals surface area contributed by atoms with Crippen molar-refractivity contribution in [1.29, 1.82) is 0 Å². The molecule has 1 aromatic heterocycles. The van der Waals surface area contributed by atoms with Crippen LogP contribution in [0.3, 0.4) is 0 Å². The van der Waals surface area contributed by atoms with Crippen LogP contribution in [0.4, 0.5) is 5.69 Å². The third-order valence-corrected chi connectivity index (χ3v) is 12.3. The van der Waals surface area contributed by atoms with Gasteiger partial charge in [-0.3, -0.25) is 0 Å². The molecular formula is C33H35N2S4+. The molecule has 0 amide bonds. The van der Waals surface area contributed by atoms with Crippen molar-refractivity contribution < 1.29 is 4.57 Å². The summed E-state index contributed by atoms with van der Waals surface area (Å²) in [6.07, 6.45) is 21.8. The molecule has 200 valence electrons. The van der Waals surface area contributed by atoms with E-state index in [-0.39, 0.29) is 0 Å². The normalized spacial score (nSPS) is 22.3. The molecule has 0 bridgehead atoms. The second-order valence-electron chi connectivity index (χ2n) is 10.8. The molecule has 1 unspecified atom stereocenters. The van der Waals surface area contributed by atoms with Gasteiger partial charge in [0, 0.05) is 39.3 Å². The topological polar surface area (TPSA) is 7.12 Å². The van der Waals surface area contributed by atoms with Gasteiger partial charge in [0.05, 0.1) is 10.7 Å². The van der Waals surface area contributed by atoms with Gasteiger partial charge in [-0.25, -0.2) is 0 Å². The number of nitrogens with zero attached hydrogens (tertiary/aromatic N) is 2. The van der Waals surface area contributed by atoms with Crippen molar-refractivity contribution in [3.8, 4) is 0 Å². The van der Waals surface area contributed by atoms with E-state index in [1.807, 2.05) is 46.6 Å². The van der Waals surface area contributed by atoms with Crippen molar-refractivity contribution >= 4 is 68.6 Å². The van der Waals surface area contributed by atoms with E-state index in [2.05, 4.69) is 83.5 Å². The molecule has 0 N–H and O–H groups in total. The summed E-state index contributed by atoms with van der Waals surface area (Å²) >= 11 is 7.63. The molecule has 39 heavy (non-hydrogen) atoms. The number of rotatable bonds is 5. The summed E-state index contributed by atoms with van der Waals surface area (Å²) in [6, 6.07) is 11.6. The highest BCUT2D eigenvalue weighted by Gasteiger charge is 2.30. The van der Waals surface area contributed by atoms with Crippen LogP contribution in [-0.2, 0) is 13.0 Å². The Balaban J connectivity index is 1.20. The minimum Gasteiger partial charge on any atom is -0.335 e. The Hall–Kier alpha value is -1.86. The van der Waals surface area contributed by atoms with Gasteiger partial charge in [-0.05, 0) is 111 Å². The van der Waals surface area contributed by atoms with Gasteiger partial charge in [0.1, 0.15) is 4.70 Å². The second kappa shape index (κ2) is 10.8. The van der Waals surface area contributed by atoms with Crippen LogP contribution in [-0.4, -0.2) is 19.1 Å². The highest BCUT2D eigenvalue weighted by Crippen LogP contribution is 2.48. The lowest BCUT2D eigenvalue weighted by atomic mass is 9.77. The molecule has 0 saturated heterocycles. The zero-order valence-electron chi connectivity index (χ0n) is 23.0. The first-order valence-electron chi connectivity index (χ1n) is 14.1. The van der Waals surface area contributed by atoms with Gasteiger partial charge in [0.25, 0.3) is 5.01 Å². The van der Waals surface area contributed by atoms with Crippen LogP contribution in [0.25, 0.3) is 16.3 Å². The quantitative estimate of drug-likeness (QED) is 0.217. The smallest absolute Gasteiger partial charge is 0.263 e. The van der Waals surface area contributed by atoms with Crippen molar-refractivity contribution in [3.05, 3.63) is 80.9 Å². The largest absolute Gasteiger partial charge is 0.335 e. The predicted molar refractivity (Wildman–Crippen MR) is 173 cm³/mol. The van der Waals surface area contributed by atoms with Gasteiger partial charge in [0.15, 0.2) is 6.54 Å². The fourth-order valence-electron chi connectivity index (χ4n) is 6.62. The summed E-state index contributed by atoms with van der Waals surface area (Å²) in [5.74, 6) is 0.716. The van der Waals surface area contributed by atoms with Crippen LogP contribution in [0.2, 0.25) is 0 Å². The van der Waals surface area contributed by atoms with Crippen molar-refractivity contribution in [3.63, 3.8) is 0 Å². The summed E-state index contributed by atoms with van der Waals surface area (Å²) in [6.45, 7) is 4.42. The summed E-state index contributed by atoms with van der Waals surface area (Å²) in [7, 11) is 0. The number of anilines is 1. The number of aryl methyl sites for hydroxylation is 2. The summed E-state index contributed by atoms with van der Waals surface area (Å²) in [5.41, 5.74) is 8.97. The number of thioether (sulfide) groups is 3. The molecule has 6 heteroatoms.